The van der Waals surface area contributed by atoms with E-state index < -0.39 is 0 Å². The summed E-state index contributed by atoms with van der Waals surface area (Å²) in [7, 11) is 3.56. The van der Waals surface area contributed by atoms with E-state index in [-0.39, 0.29) is 19.3 Å². The van der Waals surface area contributed by atoms with Crippen molar-refractivity contribution in [3.8, 4) is 0 Å². The molecule has 2 amide bonds. The first-order valence-electron chi connectivity index (χ1n) is 14.0. The number of rotatable bonds is 6. The van der Waals surface area contributed by atoms with Gasteiger partial charge >= 0.3 is 0 Å². The normalized spacial score (nSPS) is 18.1. The molecule has 10 nitrogen and oxygen atoms in total. The predicted molar refractivity (Wildman–Crippen MR) is 153 cm³/mol. The molecular formula is C29H38N8O2. The fraction of sp³-hybridized carbons (Fsp3) is 0.483. The molecule has 0 bridgehead atoms. The predicted octanol–water partition coefficient (Wildman–Crippen LogP) is 4.39. The van der Waals surface area contributed by atoms with Crippen LogP contribution >= 0.6 is 0 Å². The van der Waals surface area contributed by atoms with Crippen LogP contribution in [-0.4, -0.2) is 81.4 Å². The smallest absolute Gasteiger partial charge is 0.270 e. The van der Waals surface area contributed by atoms with Crippen LogP contribution in [0.1, 0.15) is 62.9 Å². The minimum absolute atomic E-state index is 0. The molecule has 0 unspecified atom stereocenters. The summed E-state index contributed by atoms with van der Waals surface area (Å²) >= 11 is 0. The van der Waals surface area contributed by atoms with Crippen LogP contribution in [0.25, 0.3) is 11.0 Å². The minimum Gasteiger partial charge on any atom is -0.367 e. The number of aromatic nitrogens is 4. The Morgan fingerprint density at radius 2 is 1.82 bits per heavy atom. The zero-order valence-corrected chi connectivity index (χ0v) is 22.8. The van der Waals surface area contributed by atoms with E-state index in [0.29, 0.717) is 17.5 Å². The Bertz CT molecular complexity index is 1400. The lowest BCUT2D eigenvalue weighted by Gasteiger charge is -2.36. The zero-order valence-electron chi connectivity index (χ0n) is 22.8. The van der Waals surface area contributed by atoms with Crippen LogP contribution in [-0.2, 0) is 4.79 Å². The summed E-state index contributed by atoms with van der Waals surface area (Å²) in [6, 6.07) is 6.15. The summed E-state index contributed by atoms with van der Waals surface area (Å²) in [6.45, 7) is 3.03. The molecule has 4 heterocycles. The summed E-state index contributed by atoms with van der Waals surface area (Å²) in [5.74, 6) is 1.30. The number of nitrogens with zero attached hydrogens (tertiary/aromatic N) is 7. The lowest BCUT2D eigenvalue weighted by Crippen LogP contribution is -2.49. The van der Waals surface area contributed by atoms with Gasteiger partial charge in [0.15, 0.2) is 0 Å². The van der Waals surface area contributed by atoms with Gasteiger partial charge in [-0.1, -0.05) is 18.9 Å². The molecule has 1 aliphatic heterocycles. The van der Waals surface area contributed by atoms with Crippen molar-refractivity contribution < 1.29 is 11.0 Å². The van der Waals surface area contributed by atoms with Crippen molar-refractivity contribution in [2.45, 2.75) is 51.0 Å². The summed E-state index contributed by atoms with van der Waals surface area (Å²) < 4.78 is 2.11. The molecule has 6 rings (SSSR count). The summed E-state index contributed by atoms with van der Waals surface area (Å²) in [5.41, 5.74) is 3.46. The highest BCUT2D eigenvalue weighted by Gasteiger charge is 2.27. The number of amides is 2. The van der Waals surface area contributed by atoms with Gasteiger partial charge in [0, 0.05) is 64.9 Å². The molecule has 1 saturated heterocycles. The maximum Gasteiger partial charge on any atom is 0.270 e. The number of nitrogens with one attached hydrogen (secondary N) is 1. The Morgan fingerprint density at radius 3 is 2.49 bits per heavy atom. The second kappa shape index (κ2) is 10.7. The highest BCUT2D eigenvalue weighted by Crippen LogP contribution is 2.35. The lowest BCUT2D eigenvalue weighted by atomic mass is 10.2. The van der Waals surface area contributed by atoms with E-state index in [1.807, 2.05) is 29.3 Å². The van der Waals surface area contributed by atoms with E-state index in [0.717, 1.165) is 93.4 Å². The second-order valence-electron chi connectivity index (χ2n) is 10.9. The van der Waals surface area contributed by atoms with Crippen LogP contribution in [0.5, 0.6) is 0 Å². The number of carbonyl (C=O) groups is 2. The van der Waals surface area contributed by atoms with Crippen molar-refractivity contribution in [3.05, 3.63) is 47.9 Å². The first-order chi connectivity index (χ1) is 19.0. The monoisotopic (exact) mass is 530 g/mol. The van der Waals surface area contributed by atoms with Crippen molar-refractivity contribution in [1.82, 2.24) is 29.3 Å². The number of hydrogen-bond acceptors (Lipinski definition) is 7. The molecule has 0 aromatic carbocycles. The van der Waals surface area contributed by atoms with Crippen molar-refractivity contribution in [2.24, 2.45) is 0 Å². The Kier molecular flexibility index (Phi) is 6.93. The van der Waals surface area contributed by atoms with Crippen molar-refractivity contribution >= 4 is 40.3 Å². The van der Waals surface area contributed by atoms with Crippen LogP contribution in [0.3, 0.4) is 0 Å². The van der Waals surface area contributed by atoms with Gasteiger partial charge in [-0.05, 0) is 50.3 Å². The molecule has 206 valence electrons. The average Bonchev–Trinajstić information content (AvgIpc) is 3.74. The maximum absolute atomic E-state index is 12.9. The number of allylic oxidation sites excluding steroid dienone is 1. The molecule has 1 saturated carbocycles. The van der Waals surface area contributed by atoms with E-state index in [2.05, 4.69) is 30.8 Å². The molecule has 0 radical (unpaired) electrons. The van der Waals surface area contributed by atoms with Gasteiger partial charge in [0.05, 0.1) is 11.9 Å². The Labute approximate surface area is 230 Å². The lowest BCUT2D eigenvalue weighted by molar-refractivity contribution is -0.127. The number of carbonyl (C=O) groups excluding carboxylic acids is 2. The molecular weight excluding hydrogens is 492 g/mol. The molecule has 2 aliphatic carbocycles. The standard InChI is InChI=1S/C29H36N8O2.H2/c1-34(2)28(39)24-17-21-18-31-29(33-26(21)37(24)22-9-5-6-10-22)32-25-12-11-23(19-30-25)35-13-15-36(16-14-35)27(38)20-7-3-4-8-20;/h7,11-12,17-19,22H,3-6,8-10,13-16H2,1-2H3,(H,30,31,32,33);1H. The summed E-state index contributed by atoms with van der Waals surface area (Å²) in [6.07, 6.45) is 13.2. The van der Waals surface area contributed by atoms with Gasteiger partial charge in [0.1, 0.15) is 17.2 Å². The van der Waals surface area contributed by atoms with E-state index >= 15 is 0 Å². The van der Waals surface area contributed by atoms with Crippen LogP contribution in [0.2, 0.25) is 0 Å². The number of piperazine rings is 1. The molecule has 10 heteroatoms. The zero-order chi connectivity index (χ0) is 26.9. The highest BCUT2D eigenvalue weighted by atomic mass is 16.2. The molecule has 3 aliphatic rings. The first-order valence-corrected chi connectivity index (χ1v) is 14.0. The van der Waals surface area contributed by atoms with Gasteiger partial charge in [-0.2, -0.15) is 4.98 Å². The largest absolute Gasteiger partial charge is 0.367 e. The number of pyridine rings is 1. The Balaban J connectivity index is 0.00000323. The number of hydrogen-bond donors (Lipinski definition) is 1. The first kappa shape index (κ1) is 25.3. The number of fused-ring (bicyclic) bond motifs is 1. The van der Waals surface area contributed by atoms with Crippen molar-refractivity contribution in [3.63, 3.8) is 0 Å². The minimum atomic E-state index is -0.0208. The van der Waals surface area contributed by atoms with Crippen LogP contribution < -0.4 is 10.2 Å². The topological polar surface area (TPSA) is 99.5 Å². The third-order valence-corrected chi connectivity index (χ3v) is 8.13. The quantitative estimate of drug-likeness (QED) is 0.505. The fourth-order valence-corrected chi connectivity index (χ4v) is 5.99. The maximum atomic E-state index is 12.9. The molecule has 3 aromatic heterocycles. The fourth-order valence-electron chi connectivity index (χ4n) is 5.99. The molecule has 0 atom stereocenters. The number of anilines is 3. The summed E-state index contributed by atoms with van der Waals surface area (Å²) in [5, 5.41) is 4.10. The Morgan fingerprint density at radius 1 is 1.03 bits per heavy atom. The van der Waals surface area contributed by atoms with Crippen molar-refractivity contribution in [1.29, 1.82) is 0 Å². The van der Waals surface area contributed by atoms with Gasteiger partial charge in [0.25, 0.3) is 5.91 Å². The van der Waals surface area contributed by atoms with E-state index in [4.69, 9.17) is 4.98 Å². The Hall–Kier alpha value is -3.95. The van der Waals surface area contributed by atoms with Gasteiger partial charge in [-0.25, -0.2) is 9.97 Å². The van der Waals surface area contributed by atoms with Crippen LogP contribution in [0, 0.1) is 0 Å². The van der Waals surface area contributed by atoms with Gasteiger partial charge < -0.3 is 24.6 Å². The van der Waals surface area contributed by atoms with Crippen LogP contribution in [0.4, 0.5) is 17.5 Å². The third kappa shape index (κ3) is 5.07. The molecule has 0 spiro atoms. The van der Waals surface area contributed by atoms with E-state index in [9.17, 15) is 9.59 Å². The molecule has 2 fully saturated rings. The molecule has 1 N–H and O–H groups in total. The van der Waals surface area contributed by atoms with Gasteiger partial charge in [0.2, 0.25) is 11.9 Å². The summed E-state index contributed by atoms with van der Waals surface area (Å²) in [4.78, 5) is 45.4. The second-order valence-corrected chi connectivity index (χ2v) is 10.9. The van der Waals surface area contributed by atoms with Gasteiger partial charge in [-0.3, -0.25) is 9.59 Å². The molecule has 39 heavy (non-hydrogen) atoms. The van der Waals surface area contributed by atoms with Crippen molar-refractivity contribution in [2.75, 3.05) is 50.5 Å². The average molecular weight is 531 g/mol. The van der Waals surface area contributed by atoms with E-state index in [1.165, 1.54) is 0 Å². The third-order valence-electron chi connectivity index (χ3n) is 8.13. The van der Waals surface area contributed by atoms with Crippen LogP contribution in [0.15, 0.2) is 42.2 Å². The van der Waals surface area contributed by atoms with Gasteiger partial charge in [-0.15, -0.1) is 0 Å². The SMILES string of the molecule is CN(C)C(=O)c1cc2cnc(Nc3ccc(N4CCN(C(=O)C5=CCCC5)CC4)cn3)nc2n1C1CCCC1.[HH]. The highest BCUT2D eigenvalue weighted by molar-refractivity contribution is 5.98. The molecule has 3 aromatic rings. The van der Waals surface area contributed by atoms with E-state index in [1.54, 1.807) is 25.2 Å².